The Kier molecular flexibility index (Phi) is 12.2. The van der Waals surface area contributed by atoms with Crippen LogP contribution in [0.3, 0.4) is 0 Å². The smallest absolute Gasteiger partial charge is 0.317 e. The molecule has 3 saturated heterocycles. The number of halogens is 2. The fourth-order valence-electron chi connectivity index (χ4n) is 7.80. The zero-order chi connectivity index (χ0) is 44.4. The van der Waals surface area contributed by atoms with Crippen molar-refractivity contribution in [3.8, 4) is 11.1 Å². The minimum absolute atomic E-state index is 0.0418. The molecule has 4 amide bonds. The third kappa shape index (κ3) is 9.24. The van der Waals surface area contributed by atoms with E-state index in [1.165, 1.54) is 13.2 Å². The minimum atomic E-state index is -4.15. The Morgan fingerprint density at radius 2 is 1.59 bits per heavy atom. The molecule has 3 fully saturated rings. The van der Waals surface area contributed by atoms with Gasteiger partial charge in [-0.05, 0) is 61.7 Å². The number of pyridine rings is 1. The van der Waals surface area contributed by atoms with E-state index in [0.29, 0.717) is 61.7 Å². The molecule has 330 valence electrons. The van der Waals surface area contributed by atoms with Gasteiger partial charge in [0.25, 0.3) is 0 Å². The lowest BCUT2D eigenvalue weighted by molar-refractivity contribution is -0.133. The summed E-state index contributed by atoms with van der Waals surface area (Å²) in [5, 5.41) is 9.04. The predicted octanol–water partition coefficient (Wildman–Crippen LogP) is 3.86. The summed E-state index contributed by atoms with van der Waals surface area (Å²) >= 11 is 0. The number of ketones is 1. The van der Waals surface area contributed by atoms with Crippen molar-refractivity contribution in [2.45, 2.75) is 44.7 Å². The highest BCUT2D eigenvalue weighted by atomic mass is 32.2. The fourth-order valence-corrected chi connectivity index (χ4v) is 8.73. The van der Waals surface area contributed by atoms with Crippen LogP contribution in [-0.2, 0) is 19.8 Å². The van der Waals surface area contributed by atoms with Gasteiger partial charge < -0.3 is 30.3 Å². The van der Waals surface area contributed by atoms with E-state index < -0.39 is 44.9 Å². The van der Waals surface area contributed by atoms with E-state index in [-0.39, 0.29) is 41.4 Å². The van der Waals surface area contributed by atoms with Crippen LogP contribution in [0.1, 0.15) is 48.5 Å². The highest BCUT2D eigenvalue weighted by Crippen LogP contribution is 2.30. The Hall–Kier alpha value is -6.74. The number of benzene rings is 2. The number of carbonyl (C=O) groups excluding carboxylic acids is 4. The summed E-state index contributed by atoms with van der Waals surface area (Å²) in [6.07, 6.45) is 8.42. The number of fused-ring (bicyclic) bond motifs is 1. The maximum absolute atomic E-state index is 15.6. The number of imide groups is 1. The molecule has 5 aromatic rings. The molecule has 1 unspecified atom stereocenters. The minimum Gasteiger partial charge on any atom is -0.374 e. The van der Waals surface area contributed by atoms with Crippen LogP contribution in [0.15, 0.2) is 67.3 Å². The van der Waals surface area contributed by atoms with Crippen molar-refractivity contribution in [2.75, 3.05) is 72.7 Å². The van der Waals surface area contributed by atoms with Crippen LogP contribution in [0.25, 0.3) is 22.2 Å². The molecule has 0 bridgehead atoms. The van der Waals surface area contributed by atoms with Crippen LogP contribution in [0, 0.1) is 11.6 Å². The van der Waals surface area contributed by atoms with E-state index in [9.17, 15) is 27.6 Å². The molecular formula is C42H46F2N12O6S. The molecule has 0 saturated carbocycles. The van der Waals surface area contributed by atoms with Crippen LogP contribution >= 0.6 is 0 Å². The molecule has 8 rings (SSSR count). The Balaban J connectivity index is 0.834. The third-order valence-electron chi connectivity index (χ3n) is 11.6. The lowest BCUT2D eigenvalue weighted by Crippen LogP contribution is -2.55. The number of carbonyl (C=O) groups is 4. The second-order valence-electron chi connectivity index (χ2n) is 15.6. The molecule has 5 N–H and O–H groups in total. The van der Waals surface area contributed by atoms with Crippen LogP contribution in [0.4, 0.5) is 36.6 Å². The van der Waals surface area contributed by atoms with Crippen molar-refractivity contribution >= 4 is 67.9 Å². The molecule has 6 heterocycles. The van der Waals surface area contributed by atoms with E-state index >= 15 is 8.78 Å². The van der Waals surface area contributed by atoms with Crippen molar-refractivity contribution in [1.82, 2.24) is 39.8 Å². The number of H-pyrrole nitrogens is 1. The number of aromatic amines is 1. The molecule has 63 heavy (non-hydrogen) atoms. The largest absolute Gasteiger partial charge is 0.374 e. The van der Waals surface area contributed by atoms with Gasteiger partial charge in [0.1, 0.15) is 17.5 Å². The van der Waals surface area contributed by atoms with Gasteiger partial charge in [-0.15, -0.1) is 0 Å². The molecule has 0 spiro atoms. The summed E-state index contributed by atoms with van der Waals surface area (Å²) < 4.78 is 58.7. The number of nitrogens with zero attached hydrogens (tertiary/aromatic N) is 7. The monoisotopic (exact) mass is 884 g/mol. The van der Waals surface area contributed by atoms with E-state index in [4.69, 9.17) is 0 Å². The predicted molar refractivity (Wildman–Crippen MR) is 232 cm³/mol. The standard InChI is InChI=1S/C42H46F2N12O6S/c1-3-53(2)63(61,62)52-33-9-8-32(43)36(37(33)44)38(58)31-24-46-39-30(31)20-25(21-45-39)26-22-47-41(48-23-26)55-16-18-56(19-17-55)42(60)50-28-12-14-54(15-13-28)29-6-4-27(5-7-29)49-34-10-11-35(57)51-40(34)59/h4-9,20-24,28,34,49,52H,3,10-19H2,1-2H3,(H,45,46)(H,50,60)(H,51,57,59). The maximum atomic E-state index is 15.6. The maximum Gasteiger partial charge on any atom is 0.317 e. The van der Waals surface area contributed by atoms with Gasteiger partial charge in [0.15, 0.2) is 5.82 Å². The molecule has 18 nitrogen and oxygen atoms in total. The average Bonchev–Trinajstić information content (AvgIpc) is 3.72. The third-order valence-corrected chi connectivity index (χ3v) is 13.2. The summed E-state index contributed by atoms with van der Waals surface area (Å²) in [6.45, 7) is 5.24. The number of piperazine rings is 1. The Labute approximate surface area is 361 Å². The lowest BCUT2D eigenvalue weighted by Gasteiger charge is -2.37. The van der Waals surface area contributed by atoms with E-state index in [1.807, 2.05) is 29.2 Å². The van der Waals surface area contributed by atoms with E-state index in [2.05, 4.69) is 45.5 Å². The van der Waals surface area contributed by atoms with Gasteiger partial charge in [0.05, 0.1) is 11.3 Å². The second kappa shape index (κ2) is 17.9. The summed E-state index contributed by atoms with van der Waals surface area (Å²) in [6, 6.07) is 10.7. The summed E-state index contributed by atoms with van der Waals surface area (Å²) in [7, 11) is -2.86. The normalized spacial score (nSPS) is 17.5. The number of hydrogen-bond acceptors (Lipinski definition) is 12. The molecular weight excluding hydrogens is 839 g/mol. The Morgan fingerprint density at radius 1 is 0.889 bits per heavy atom. The highest BCUT2D eigenvalue weighted by molar-refractivity contribution is 7.90. The van der Waals surface area contributed by atoms with Gasteiger partial charge in [-0.3, -0.25) is 24.4 Å². The van der Waals surface area contributed by atoms with Gasteiger partial charge in [-0.1, -0.05) is 6.92 Å². The van der Waals surface area contributed by atoms with E-state index in [1.54, 1.807) is 36.5 Å². The number of nitrogens with one attached hydrogen (secondary N) is 5. The molecule has 1 atom stereocenters. The summed E-state index contributed by atoms with van der Waals surface area (Å²) in [5.74, 6) is -3.60. The van der Waals surface area contributed by atoms with Gasteiger partial charge in [-0.25, -0.2) is 28.5 Å². The highest BCUT2D eigenvalue weighted by Gasteiger charge is 2.30. The van der Waals surface area contributed by atoms with Gasteiger partial charge in [0.2, 0.25) is 23.5 Å². The number of urea groups is 1. The first-order valence-electron chi connectivity index (χ1n) is 20.6. The first kappa shape index (κ1) is 42.9. The lowest BCUT2D eigenvalue weighted by atomic mass is 10.0. The second-order valence-corrected chi connectivity index (χ2v) is 17.4. The SMILES string of the molecule is CCN(C)S(=O)(=O)Nc1ccc(F)c(C(=O)c2c[nH]c3ncc(-c4cnc(N5CCN(C(=O)NC6CCN(c7ccc(NC8CCC(=O)NC8=O)cc7)CC6)CC5)nc4)cc23)c1F. The van der Waals surface area contributed by atoms with Crippen molar-refractivity contribution in [3.05, 3.63) is 90.0 Å². The molecule has 2 aromatic carbocycles. The van der Waals surface area contributed by atoms with Crippen molar-refractivity contribution in [3.63, 3.8) is 0 Å². The summed E-state index contributed by atoms with van der Waals surface area (Å²) in [5.41, 5.74) is 1.70. The first-order valence-corrected chi connectivity index (χ1v) is 22.0. The fraction of sp³-hybridized carbons (Fsp3) is 0.357. The van der Waals surface area contributed by atoms with Crippen molar-refractivity contribution in [1.29, 1.82) is 0 Å². The summed E-state index contributed by atoms with van der Waals surface area (Å²) in [4.78, 5) is 72.9. The first-order chi connectivity index (χ1) is 30.3. The van der Waals surface area contributed by atoms with Gasteiger partial charge in [0, 0.05) is 124 Å². The number of rotatable bonds is 12. The quantitative estimate of drug-likeness (QED) is 0.0892. The zero-order valence-corrected chi connectivity index (χ0v) is 35.3. The van der Waals surface area contributed by atoms with Gasteiger partial charge in [-0.2, -0.15) is 12.7 Å². The van der Waals surface area contributed by atoms with Crippen molar-refractivity contribution in [2.24, 2.45) is 0 Å². The number of aromatic nitrogens is 4. The van der Waals surface area contributed by atoms with Crippen LogP contribution in [-0.4, -0.2) is 126 Å². The molecule has 21 heteroatoms. The van der Waals surface area contributed by atoms with Crippen LogP contribution in [0.5, 0.6) is 0 Å². The molecule has 3 aliphatic heterocycles. The Bertz CT molecular complexity index is 2650. The van der Waals surface area contributed by atoms with Gasteiger partial charge >= 0.3 is 16.2 Å². The van der Waals surface area contributed by atoms with Crippen LogP contribution in [0.2, 0.25) is 0 Å². The molecule has 0 radical (unpaired) electrons. The van der Waals surface area contributed by atoms with Crippen LogP contribution < -0.4 is 30.5 Å². The zero-order valence-electron chi connectivity index (χ0n) is 34.5. The molecule has 3 aromatic heterocycles. The number of amides is 4. The molecule has 3 aliphatic rings. The van der Waals surface area contributed by atoms with Crippen molar-refractivity contribution < 1.29 is 36.4 Å². The topological polar surface area (TPSA) is 218 Å². The Morgan fingerprint density at radius 3 is 2.27 bits per heavy atom. The number of anilines is 4. The van der Waals surface area contributed by atoms with E-state index in [0.717, 1.165) is 53.7 Å². The average molecular weight is 885 g/mol. The number of hydrogen-bond donors (Lipinski definition) is 5. The molecule has 0 aliphatic carbocycles. The number of piperidine rings is 2.